The van der Waals surface area contributed by atoms with Gasteiger partial charge < -0.3 is 0 Å². The lowest BCUT2D eigenvalue weighted by molar-refractivity contribution is 1.54. The fourth-order valence-electron chi connectivity index (χ4n) is 1.65. The van der Waals surface area contributed by atoms with Crippen LogP contribution < -0.4 is 0 Å². The van der Waals surface area contributed by atoms with Gasteiger partial charge in [-0.25, -0.2) is 0 Å². The lowest BCUT2D eigenvalue weighted by atomic mass is 10.1. The van der Waals surface area contributed by atoms with Gasteiger partial charge in [0, 0.05) is 10.0 Å². The van der Waals surface area contributed by atoms with E-state index in [0.717, 1.165) is 14.4 Å². The smallest absolute Gasteiger partial charge is 0.0784 e. The summed E-state index contributed by atoms with van der Waals surface area (Å²) in [5.74, 6) is 1.02. The van der Waals surface area contributed by atoms with E-state index in [1.165, 1.54) is 16.3 Å². The van der Waals surface area contributed by atoms with Crippen molar-refractivity contribution in [2.75, 3.05) is 5.75 Å². The number of hydrogen-bond donors (Lipinski definition) is 0. The van der Waals surface area contributed by atoms with E-state index >= 15 is 0 Å². The van der Waals surface area contributed by atoms with Crippen LogP contribution in [0.3, 0.4) is 0 Å². The van der Waals surface area contributed by atoms with Crippen molar-refractivity contribution < 1.29 is 0 Å². The van der Waals surface area contributed by atoms with Crippen LogP contribution in [-0.4, -0.2) is 9.95 Å². The van der Waals surface area contributed by atoms with E-state index in [-0.39, 0.29) is 0 Å². The molecule has 0 aliphatic heterocycles. The molecule has 16 heavy (non-hydrogen) atoms. The Morgan fingerprint density at radius 1 is 1.19 bits per heavy atom. The average Bonchev–Trinajstić information content (AvgIpc) is 2.30. The summed E-state index contributed by atoms with van der Waals surface area (Å²) in [5, 5.41) is 2.45. The Hall–Kier alpha value is -0.380. The summed E-state index contributed by atoms with van der Waals surface area (Å²) < 4.78 is 2.10. The normalized spacial score (nSPS) is 10.6. The first-order valence-electron chi connectivity index (χ1n) is 5.08. The molecule has 2 aromatic carbocycles. The molecule has 0 saturated heterocycles. The van der Waals surface area contributed by atoms with Gasteiger partial charge in [0.2, 0.25) is 0 Å². The molecule has 0 saturated carbocycles. The summed E-state index contributed by atoms with van der Waals surface area (Å²) in [6.07, 6.45) is 0. The zero-order valence-electron chi connectivity index (χ0n) is 8.87. The first-order valence-corrected chi connectivity index (χ1v) is 7.27. The molecule has 0 unspecified atom stereocenters. The minimum atomic E-state index is 0.978. The van der Waals surface area contributed by atoms with Crippen molar-refractivity contribution in [1.29, 1.82) is 0 Å². The minimum Gasteiger partial charge on any atom is -0.114 e. The second-order valence-electron chi connectivity index (χ2n) is 3.36. The maximum Gasteiger partial charge on any atom is 0.0784 e. The van der Waals surface area contributed by atoms with Crippen molar-refractivity contribution in [3.05, 3.63) is 46.4 Å². The maximum absolute atomic E-state index is 5.44. The molecule has 0 fully saturated rings. The molecule has 82 valence electrons. The van der Waals surface area contributed by atoms with Crippen LogP contribution in [0.4, 0.5) is 0 Å². The lowest BCUT2D eigenvalue weighted by Crippen LogP contribution is -1.94. The molecular formula is C13H11BrS2. The predicted octanol–water partition coefficient (Wildman–Crippen LogP) is 5.03. The molecule has 0 nitrogen and oxygen atoms in total. The summed E-state index contributed by atoms with van der Waals surface area (Å²) in [6.45, 7) is 2.12. The number of thioether (sulfide) groups is 1. The van der Waals surface area contributed by atoms with E-state index in [4.69, 9.17) is 12.2 Å². The lowest BCUT2D eigenvalue weighted by Gasteiger charge is -2.08. The van der Waals surface area contributed by atoms with E-state index in [0.29, 0.717) is 0 Å². The molecule has 0 N–H and O–H groups in total. The molecule has 2 aromatic rings. The number of thiocarbonyl (C=S) groups is 1. The number of rotatable bonds is 2. The van der Waals surface area contributed by atoms with Crippen molar-refractivity contribution >= 4 is 54.9 Å². The topological polar surface area (TPSA) is 0 Å². The monoisotopic (exact) mass is 310 g/mol. The van der Waals surface area contributed by atoms with Crippen molar-refractivity contribution in [3.8, 4) is 0 Å². The van der Waals surface area contributed by atoms with Crippen molar-refractivity contribution in [3.63, 3.8) is 0 Å². The largest absolute Gasteiger partial charge is 0.114 e. The van der Waals surface area contributed by atoms with Gasteiger partial charge in [0.05, 0.1) is 4.20 Å². The van der Waals surface area contributed by atoms with Crippen LogP contribution in [0, 0.1) is 0 Å². The Labute approximate surface area is 114 Å². The Kier molecular flexibility index (Phi) is 4.00. The van der Waals surface area contributed by atoms with Crippen molar-refractivity contribution in [1.82, 2.24) is 0 Å². The van der Waals surface area contributed by atoms with Crippen LogP contribution in [0.1, 0.15) is 12.5 Å². The Morgan fingerprint density at radius 3 is 2.56 bits per heavy atom. The number of hydrogen-bond acceptors (Lipinski definition) is 2. The Bertz CT molecular complexity index is 534. The molecule has 0 aliphatic carbocycles. The van der Waals surface area contributed by atoms with Crippen LogP contribution in [0.15, 0.2) is 40.9 Å². The zero-order valence-corrected chi connectivity index (χ0v) is 12.1. The molecule has 0 spiro atoms. The third kappa shape index (κ3) is 2.31. The zero-order chi connectivity index (χ0) is 11.5. The van der Waals surface area contributed by atoms with Gasteiger partial charge in [0.15, 0.2) is 0 Å². The molecular weight excluding hydrogens is 300 g/mol. The van der Waals surface area contributed by atoms with Gasteiger partial charge in [-0.15, -0.1) is 11.8 Å². The van der Waals surface area contributed by atoms with Gasteiger partial charge in [-0.3, -0.25) is 0 Å². The number of benzene rings is 2. The molecule has 0 aromatic heterocycles. The Balaban J connectivity index is 2.63. The summed E-state index contributed by atoms with van der Waals surface area (Å²) in [7, 11) is 0. The van der Waals surface area contributed by atoms with E-state index < -0.39 is 0 Å². The van der Waals surface area contributed by atoms with Crippen LogP contribution in [0.2, 0.25) is 0 Å². The van der Waals surface area contributed by atoms with Crippen LogP contribution in [0.5, 0.6) is 0 Å². The fourth-order valence-corrected chi connectivity index (χ4v) is 3.25. The fraction of sp³-hybridized carbons (Fsp3) is 0.154. The molecule has 3 heteroatoms. The summed E-state index contributed by atoms with van der Waals surface area (Å²) >= 11 is 10.7. The molecule has 2 rings (SSSR count). The van der Waals surface area contributed by atoms with Crippen LogP contribution >= 0.6 is 39.9 Å². The third-order valence-corrected chi connectivity index (χ3v) is 4.40. The maximum atomic E-state index is 5.44. The van der Waals surface area contributed by atoms with Crippen molar-refractivity contribution in [2.45, 2.75) is 6.92 Å². The van der Waals surface area contributed by atoms with Gasteiger partial charge >= 0.3 is 0 Å². The van der Waals surface area contributed by atoms with E-state index in [1.807, 2.05) is 6.07 Å². The molecule has 0 atom stereocenters. The molecule has 0 amide bonds. The van der Waals surface area contributed by atoms with Gasteiger partial charge in [0.1, 0.15) is 0 Å². The number of halogens is 1. The minimum absolute atomic E-state index is 0.978. The van der Waals surface area contributed by atoms with Crippen LogP contribution in [-0.2, 0) is 0 Å². The highest BCUT2D eigenvalue weighted by molar-refractivity contribution is 9.10. The van der Waals surface area contributed by atoms with E-state index in [9.17, 15) is 0 Å². The molecule has 0 heterocycles. The van der Waals surface area contributed by atoms with Gasteiger partial charge in [-0.2, -0.15) is 0 Å². The van der Waals surface area contributed by atoms with Gasteiger partial charge in [-0.1, -0.05) is 65.4 Å². The van der Waals surface area contributed by atoms with Gasteiger partial charge in [-0.05, 0) is 22.6 Å². The first kappa shape index (κ1) is 12.1. The molecule has 0 radical (unpaired) electrons. The SMILES string of the molecule is CCSC(=S)c1ccc(Br)c2ccccc12. The summed E-state index contributed by atoms with van der Waals surface area (Å²) in [5.41, 5.74) is 1.17. The number of fused-ring (bicyclic) bond motifs is 1. The quantitative estimate of drug-likeness (QED) is 0.713. The highest BCUT2D eigenvalue weighted by Gasteiger charge is 2.07. The van der Waals surface area contributed by atoms with E-state index in [1.54, 1.807) is 11.8 Å². The Morgan fingerprint density at radius 2 is 1.88 bits per heavy atom. The second-order valence-corrected chi connectivity index (χ2v) is 6.16. The molecule has 0 aliphatic rings. The average molecular weight is 311 g/mol. The highest BCUT2D eigenvalue weighted by atomic mass is 79.9. The summed E-state index contributed by atoms with van der Waals surface area (Å²) in [4.78, 5) is 0. The third-order valence-electron chi connectivity index (χ3n) is 2.37. The van der Waals surface area contributed by atoms with Gasteiger partial charge in [0.25, 0.3) is 0 Å². The van der Waals surface area contributed by atoms with E-state index in [2.05, 4.69) is 53.2 Å². The van der Waals surface area contributed by atoms with Crippen molar-refractivity contribution in [2.24, 2.45) is 0 Å². The van der Waals surface area contributed by atoms with Crippen LogP contribution in [0.25, 0.3) is 10.8 Å². The predicted molar refractivity (Wildman–Crippen MR) is 81.5 cm³/mol. The molecule has 0 bridgehead atoms. The summed E-state index contributed by atoms with van der Waals surface area (Å²) in [6, 6.07) is 12.5. The second kappa shape index (κ2) is 5.30. The highest BCUT2D eigenvalue weighted by Crippen LogP contribution is 2.29. The standard InChI is InChI=1S/C13H11BrS2/c1-2-16-13(15)11-7-8-12(14)10-6-4-3-5-9(10)11/h3-8H,2H2,1H3. The first-order chi connectivity index (χ1) is 7.74.